The zero-order valence-electron chi connectivity index (χ0n) is 11.5. The van der Waals surface area contributed by atoms with Crippen molar-refractivity contribution >= 4 is 29.1 Å². The number of hydrogen-bond acceptors (Lipinski definition) is 3. The van der Waals surface area contributed by atoms with Crippen LogP contribution >= 0.6 is 23.2 Å². The van der Waals surface area contributed by atoms with Gasteiger partial charge < -0.3 is 14.1 Å². The van der Waals surface area contributed by atoms with Crippen molar-refractivity contribution in [2.45, 2.75) is 6.54 Å². The van der Waals surface area contributed by atoms with E-state index in [4.69, 9.17) is 32.4 Å². The summed E-state index contributed by atoms with van der Waals surface area (Å²) in [4.78, 5) is 14.3. The van der Waals surface area contributed by atoms with Crippen LogP contribution in [0.25, 0.3) is 0 Å². The molecule has 0 aliphatic heterocycles. The zero-order chi connectivity index (χ0) is 15.2. The highest BCUT2D eigenvalue weighted by atomic mass is 35.5. The first-order chi connectivity index (χ1) is 10.1. The van der Waals surface area contributed by atoms with E-state index in [0.29, 0.717) is 35.3 Å². The van der Waals surface area contributed by atoms with Crippen molar-refractivity contribution < 1.29 is 13.9 Å². The van der Waals surface area contributed by atoms with Gasteiger partial charge in [0.25, 0.3) is 5.91 Å². The first kappa shape index (κ1) is 15.9. The maximum atomic E-state index is 12.6. The van der Waals surface area contributed by atoms with Crippen LogP contribution < -0.4 is 0 Å². The summed E-state index contributed by atoms with van der Waals surface area (Å²) in [6.45, 7) is 1.34. The number of nitrogens with zero attached hydrogens (tertiary/aromatic N) is 1. The lowest BCUT2D eigenvalue weighted by Crippen LogP contribution is -2.33. The standard InChI is InChI=1S/C15H15Cl2NO3/c1-20-5-3-18(9-11-2-4-21-10-11)15(19)12-6-13(16)8-14(17)7-12/h2,4,6-8,10H,3,5,9H2,1H3. The van der Waals surface area contributed by atoms with Crippen molar-refractivity contribution in [1.29, 1.82) is 0 Å². The lowest BCUT2D eigenvalue weighted by atomic mass is 10.2. The molecule has 0 radical (unpaired) electrons. The Morgan fingerprint density at radius 2 is 2.00 bits per heavy atom. The molecule has 1 amide bonds. The van der Waals surface area contributed by atoms with Crippen molar-refractivity contribution in [3.8, 4) is 0 Å². The maximum Gasteiger partial charge on any atom is 0.254 e. The summed E-state index contributed by atoms with van der Waals surface area (Å²) in [6.07, 6.45) is 3.18. The molecule has 0 spiro atoms. The Balaban J connectivity index is 2.20. The van der Waals surface area contributed by atoms with Crippen LogP contribution in [0.2, 0.25) is 10.0 Å². The molecule has 1 aromatic heterocycles. The van der Waals surface area contributed by atoms with Crippen LogP contribution in [0, 0.1) is 0 Å². The number of carbonyl (C=O) groups excluding carboxylic acids is 1. The smallest absolute Gasteiger partial charge is 0.254 e. The summed E-state index contributed by atoms with van der Waals surface area (Å²) in [5.74, 6) is -0.155. The number of ether oxygens (including phenoxy) is 1. The average molecular weight is 328 g/mol. The molecule has 4 nitrogen and oxygen atoms in total. The highest BCUT2D eigenvalue weighted by Gasteiger charge is 2.17. The minimum Gasteiger partial charge on any atom is -0.472 e. The van der Waals surface area contributed by atoms with Crippen molar-refractivity contribution in [3.05, 3.63) is 58.0 Å². The molecular formula is C15H15Cl2NO3. The highest BCUT2D eigenvalue weighted by molar-refractivity contribution is 6.35. The second kappa shape index (κ2) is 7.50. The summed E-state index contributed by atoms with van der Waals surface area (Å²) < 4.78 is 10.1. The summed E-state index contributed by atoms with van der Waals surface area (Å²) in [6, 6.07) is 6.61. The minimum atomic E-state index is -0.155. The summed E-state index contributed by atoms with van der Waals surface area (Å²) >= 11 is 11.9. The molecule has 2 rings (SSSR count). The Kier molecular flexibility index (Phi) is 5.67. The van der Waals surface area contributed by atoms with Gasteiger partial charge in [0.05, 0.1) is 19.1 Å². The maximum absolute atomic E-state index is 12.6. The lowest BCUT2D eigenvalue weighted by Gasteiger charge is -2.22. The molecule has 1 heterocycles. The van der Waals surface area contributed by atoms with E-state index in [1.165, 1.54) is 0 Å². The fourth-order valence-electron chi connectivity index (χ4n) is 1.92. The molecule has 0 fully saturated rings. The van der Waals surface area contributed by atoms with Gasteiger partial charge in [-0.1, -0.05) is 23.2 Å². The van der Waals surface area contributed by atoms with E-state index in [9.17, 15) is 4.79 Å². The predicted octanol–water partition coefficient (Wildman–Crippen LogP) is 3.88. The first-order valence-corrected chi connectivity index (χ1v) is 7.11. The second-order valence-electron chi connectivity index (χ2n) is 4.51. The van der Waals surface area contributed by atoms with Gasteiger partial charge in [0, 0.05) is 41.4 Å². The molecule has 6 heteroatoms. The lowest BCUT2D eigenvalue weighted by molar-refractivity contribution is 0.0680. The largest absolute Gasteiger partial charge is 0.472 e. The third-order valence-corrected chi connectivity index (χ3v) is 3.35. The molecule has 112 valence electrons. The van der Waals surface area contributed by atoms with Gasteiger partial charge in [-0.05, 0) is 24.3 Å². The molecular weight excluding hydrogens is 313 g/mol. The van der Waals surface area contributed by atoms with E-state index >= 15 is 0 Å². The topological polar surface area (TPSA) is 42.7 Å². The molecule has 0 saturated carbocycles. The average Bonchev–Trinajstić information content (AvgIpc) is 2.94. The number of methoxy groups -OCH3 is 1. The Morgan fingerprint density at radius 1 is 1.29 bits per heavy atom. The van der Waals surface area contributed by atoms with E-state index < -0.39 is 0 Å². The molecule has 1 aromatic carbocycles. The number of rotatable bonds is 6. The van der Waals surface area contributed by atoms with Gasteiger partial charge in [-0.25, -0.2) is 0 Å². The van der Waals surface area contributed by atoms with Gasteiger partial charge >= 0.3 is 0 Å². The number of halogens is 2. The van der Waals surface area contributed by atoms with E-state index in [1.807, 2.05) is 6.07 Å². The first-order valence-electron chi connectivity index (χ1n) is 6.35. The normalized spacial score (nSPS) is 10.6. The van der Waals surface area contributed by atoms with Gasteiger partial charge in [0.2, 0.25) is 0 Å². The van der Waals surface area contributed by atoms with Crippen LogP contribution in [-0.4, -0.2) is 31.1 Å². The Labute approximate surface area is 133 Å². The van der Waals surface area contributed by atoms with E-state index in [-0.39, 0.29) is 5.91 Å². The van der Waals surface area contributed by atoms with E-state index in [2.05, 4.69) is 0 Å². The van der Waals surface area contributed by atoms with Crippen LogP contribution in [0.3, 0.4) is 0 Å². The molecule has 0 aliphatic carbocycles. The van der Waals surface area contributed by atoms with Crippen molar-refractivity contribution in [2.24, 2.45) is 0 Å². The summed E-state index contributed by atoms with van der Waals surface area (Å²) in [5.41, 5.74) is 1.36. The molecule has 0 unspecified atom stereocenters. The minimum absolute atomic E-state index is 0.155. The number of benzene rings is 1. The molecule has 21 heavy (non-hydrogen) atoms. The van der Waals surface area contributed by atoms with E-state index in [0.717, 1.165) is 5.56 Å². The van der Waals surface area contributed by atoms with E-state index in [1.54, 1.807) is 42.7 Å². The quantitative estimate of drug-likeness (QED) is 0.808. The van der Waals surface area contributed by atoms with Gasteiger partial charge in [0.1, 0.15) is 0 Å². The second-order valence-corrected chi connectivity index (χ2v) is 5.38. The number of furan rings is 1. The SMILES string of the molecule is COCCN(Cc1ccoc1)C(=O)c1cc(Cl)cc(Cl)c1. The third-order valence-electron chi connectivity index (χ3n) is 2.92. The van der Waals surface area contributed by atoms with Gasteiger partial charge in [-0.15, -0.1) is 0 Å². The van der Waals surface area contributed by atoms with Gasteiger partial charge in [-0.3, -0.25) is 4.79 Å². The van der Waals surface area contributed by atoms with Gasteiger partial charge in [-0.2, -0.15) is 0 Å². The molecule has 0 aliphatic rings. The van der Waals surface area contributed by atoms with Crippen molar-refractivity contribution in [1.82, 2.24) is 4.90 Å². The fraction of sp³-hybridized carbons (Fsp3) is 0.267. The summed E-state index contributed by atoms with van der Waals surface area (Å²) in [7, 11) is 1.59. The Morgan fingerprint density at radius 3 is 2.57 bits per heavy atom. The van der Waals surface area contributed by atoms with Crippen LogP contribution in [0.15, 0.2) is 41.2 Å². The molecule has 0 saturated heterocycles. The monoisotopic (exact) mass is 327 g/mol. The Bertz CT molecular complexity index is 579. The molecule has 0 N–H and O–H groups in total. The number of hydrogen-bond donors (Lipinski definition) is 0. The molecule has 0 atom stereocenters. The number of carbonyl (C=O) groups is 1. The van der Waals surface area contributed by atoms with Crippen LogP contribution in [0.4, 0.5) is 0 Å². The zero-order valence-corrected chi connectivity index (χ0v) is 13.0. The molecule has 2 aromatic rings. The van der Waals surface area contributed by atoms with Gasteiger partial charge in [0.15, 0.2) is 0 Å². The van der Waals surface area contributed by atoms with Crippen molar-refractivity contribution in [3.63, 3.8) is 0 Å². The predicted molar refractivity (Wildman–Crippen MR) is 81.8 cm³/mol. The Hall–Kier alpha value is -1.49. The van der Waals surface area contributed by atoms with Crippen LogP contribution in [-0.2, 0) is 11.3 Å². The highest BCUT2D eigenvalue weighted by Crippen LogP contribution is 2.21. The molecule has 0 bridgehead atoms. The van der Waals surface area contributed by atoms with Crippen molar-refractivity contribution in [2.75, 3.05) is 20.3 Å². The van der Waals surface area contributed by atoms with Crippen LogP contribution in [0.1, 0.15) is 15.9 Å². The number of amides is 1. The fourth-order valence-corrected chi connectivity index (χ4v) is 2.44. The third kappa shape index (κ3) is 4.49. The van der Waals surface area contributed by atoms with Crippen LogP contribution in [0.5, 0.6) is 0 Å². The summed E-state index contributed by atoms with van der Waals surface area (Å²) in [5, 5.41) is 0.863.